The number of carbonyl (C=O) groups excluding carboxylic acids is 2. The molecule has 1 aromatic carbocycles. The third-order valence-electron chi connectivity index (χ3n) is 4.24. The molecule has 1 fully saturated rings. The van der Waals surface area contributed by atoms with Gasteiger partial charge >= 0.3 is 0 Å². The first-order valence-electron chi connectivity index (χ1n) is 8.16. The number of piperidine rings is 1. The topological polar surface area (TPSA) is 40.6 Å². The first-order chi connectivity index (χ1) is 11.0. The fourth-order valence-electron chi connectivity index (χ4n) is 2.79. The summed E-state index contributed by atoms with van der Waals surface area (Å²) in [6.45, 7) is 3.49. The summed E-state index contributed by atoms with van der Waals surface area (Å²) in [7, 11) is 3.59. The maximum Gasteiger partial charge on any atom is 0.225 e. The zero-order valence-corrected chi connectivity index (χ0v) is 15.1. The number of nitrogens with zero attached hydrogens (tertiary/aromatic N) is 2. The summed E-state index contributed by atoms with van der Waals surface area (Å²) in [5.74, 6) is 1.28. The van der Waals surface area contributed by atoms with Crippen LogP contribution in [-0.2, 0) is 9.59 Å². The van der Waals surface area contributed by atoms with Gasteiger partial charge in [0.1, 0.15) is 0 Å². The standard InChI is InChI=1S/C18H26N2O2S/c1-14-4-6-16(7-5-14)23-13-10-17(21)20-11-8-15(9-12-20)18(22)19(2)3/h4-7,15H,8-13H2,1-3H3. The van der Waals surface area contributed by atoms with Crippen molar-refractivity contribution in [2.45, 2.75) is 31.1 Å². The molecule has 0 N–H and O–H groups in total. The van der Waals surface area contributed by atoms with Gasteiger partial charge in [-0.2, -0.15) is 0 Å². The fraction of sp³-hybridized carbons (Fsp3) is 0.556. The zero-order valence-electron chi connectivity index (χ0n) is 14.2. The van der Waals surface area contributed by atoms with Crippen molar-refractivity contribution < 1.29 is 9.59 Å². The van der Waals surface area contributed by atoms with E-state index in [0.717, 1.165) is 18.6 Å². The number of thioether (sulfide) groups is 1. The maximum absolute atomic E-state index is 12.3. The lowest BCUT2D eigenvalue weighted by molar-refractivity contribution is -0.138. The molecule has 0 aliphatic carbocycles. The molecule has 1 aromatic rings. The van der Waals surface area contributed by atoms with Crippen molar-refractivity contribution in [1.29, 1.82) is 0 Å². The Bertz CT molecular complexity index is 534. The monoisotopic (exact) mass is 334 g/mol. The molecule has 126 valence electrons. The lowest BCUT2D eigenvalue weighted by Crippen LogP contribution is -2.42. The average Bonchev–Trinajstić information content (AvgIpc) is 2.56. The molecule has 1 saturated heterocycles. The van der Waals surface area contributed by atoms with Crippen LogP contribution in [0.25, 0.3) is 0 Å². The van der Waals surface area contributed by atoms with E-state index in [2.05, 4.69) is 31.2 Å². The van der Waals surface area contributed by atoms with Gasteiger partial charge in [-0.25, -0.2) is 0 Å². The Kier molecular flexibility index (Phi) is 6.51. The number of aryl methyl sites for hydroxylation is 1. The van der Waals surface area contributed by atoms with Crippen LogP contribution in [0.3, 0.4) is 0 Å². The number of likely N-dealkylation sites (tertiary alicyclic amines) is 1. The molecule has 4 nitrogen and oxygen atoms in total. The Balaban J connectivity index is 1.71. The summed E-state index contributed by atoms with van der Waals surface area (Å²) in [6.07, 6.45) is 2.13. The van der Waals surface area contributed by atoms with E-state index in [4.69, 9.17) is 0 Å². The van der Waals surface area contributed by atoms with Crippen molar-refractivity contribution in [2.24, 2.45) is 5.92 Å². The van der Waals surface area contributed by atoms with Crippen LogP contribution in [0.4, 0.5) is 0 Å². The van der Waals surface area contributed by atoms with Gasteiger partial charge in [0.15, 0.2) is 0 Å². The lowest BCUT2D eigenvalue weighted by Gasteiger charge is -2.32. The molecule has 0 aromatic heterocycles. The lowest BCUT2D eigenvalue weighted by atomic mass is 9.95. The van der Waals surface area contributed by atoms with E-state index in [9.17, 15) is 9.59 Å². The van der Waals surface area contributed by atoms with Crippen LogP contribution >= 0.6 is 11.8 Å². The fourth-order valence-corrected chi connectivity index (χ4v) is 3.63. The average molecular weight is 334 g/mol. The Morgan fingerprint density at radius 2 is 1.78 bits per heavy atom. The second-order valence-corrected chi connectivity index (χ2v) is 7.47. The molecule has 1 heterocycles. The number of benzene rings is 1. The van der Waals surface area contributed by atoms with E-state index < -0.39 is 0 Å². The van der Waals surface area contributed by atoms with Gasteiger partial charge in [-0.05, 0) is 31.9 Å². The smallest absolute Gasteiger partial charge is 0.225 e. The molecule has 0 spiro atoms. The van der Waals surface area contributed by atoms with Crippen LogP contribution in [0.5, 0.6) is 0 Å². The third kappa shape index (κ3) is 5.27. The minimum atomic E-state index is 0.0796. The SMILES string of the molecule is Cc1ccc(SCCC(=O)N2CCC(C(=O)N(C)C)CC2)cc1. The highest BCUT2D eigenvalue weighted by molar-refractivity contribution is 7.99. The summed E-state index contributed by atoms with van der Waals surface area (Å²) >= 11 is 1.72. The Labute approximate surface area is 143 Å². The van der Waals surface area contributed by atoms with E-state index in [1.807, 2.05) is 4.90 Å². The molecule has 1 aliphatic rings. The van der Waals surface area contributed by atoms with Gasteiger partial charge in [0.05, 0.1) is 0 Å². The van der Waals surface area contributed by atoms with Crippen LogP contribution in [0.2, 0.25) is 0 Å². The Morgan fingerprint density at radius 3 is 2.35 bits per heavy atom. The van der Waals surface area contributed by atoms with Gasteiger partial charge in [0.2, 0.25) is 11.8 Å². The van der Waals surface area contributed by atoms with Crippen molar-refractivity contribution in [2.75, 3.05) is 32.9 Å². The van der Waals surface area contributed by atoms with E-state index in [-0.39, 0.29) is 17.7 Å². The number of hydrogen-bond acceptors (Lipinski definition) is 3. The predicted molar refractivity (Wildman–Crippen MR) is 94.5 cm³/mol. The molecule has 0 radical (unpaired) electrons. The van der Waals surface area contributed by atoms with Crippen molar-refractivity contribution in [3.8, 4) is 0 Å². The second kappa shape index (κ2) is 8.39. The van der Waals surface area contributed by atoms with Crippen LogP contribution in [0, 0.1) is 12.8 Å². The summed E-state index contributed by atoms with van der Waals surface area (Å²) < 4.78 is 0. The molecule has 0 saturated carbocycles. The Morgan fingerprint density at radius 1 is 1.17 bits per heavy atom. The zero-order chi connectivity index (χ0) is 16.8. The Hall–Kier alpha value is -1.49. The molecule has 5 heteroatoms. The highest BCUT2D eigenvalue weighted by Gasteiger charge is 2.27. The van der Waals surface area contributed by atoms with Crippen LogP contribution in [0.1, 0.15) is 24.8 Å². The van der Waals surface area contributed by atoms with Crippen LogP contribution in [-0.4, -0.2) is 54.6 Å². The quantitative estimate of drug-likeness (QED) is 0.778. The minimum Gasteiger partial charge on any atom is -0.349 e. The van der Waals surface area contributed by atoms with Crippen molar-refractivity contribution in [3.63, 3.8) is 0 Å². The highest BCUT2D eigenvalue weighted by atomic mass is 32.2. The van der Waals surface area contributed by atoms with Gasteiger partial charge in [-0.3, -0.25) is 9.59 Å². The molecule has 0 unspecified atom stereocenters. The first-order valence-corrected chi connectivity index (χ1v) is 9.14. The predicted octanol–water partition coefficient (Wildman–Crippen LogP) is 2.80. The highest BCUT2D eigenvalue weighted by Crippen LogP contribution is 2.22. The number of rotatable bonds is 5. The normalized spacial score (nSPS) is 15.5. The molecular formula is C18H26N2O2S. The van der Waals surface area contributed by atoms with E-state index in [0.29, 0.717) is 19.5 Å². The first kappa shape index (κ1) is 17.9. The second-order valence-electron chi connectivity index (χ2n) is 6.30. The third-order valence-corrected chi connectivity index (χ3v) is 5.26. The molecule has 1 aliphatic heterocycles. The molecule has 0 bridgehead atoms. The van der Waals surface area contributed by atoms with E-state index in [1.54, 1.807) is 30.8 Å². The largest absolute Gasteiger partial charge is 0.349 e. The summed E-state index contributed by atoms with van der Waals surface area (Å²) in [5, 5.41) is 0. The molecule has 0 atom stereocenters. The van der Waals surface area contributed by atoms with Crippen molar-refractivity contribution in [3.05, 3.63) is 29.8 Å². The summed E-state index contributed by atoms with van der Waals surface area (Å²) in [6, 6.07) is 8.39. The van der Waals surface area contributed by atoms with Gasteiger partial charge < -0.3 is 9.80 Å². The van der Waals surface area contributed by atoms with E-state index in [1.165, 1.54) is 10.5 Å². The molecular weight excluding hydrogens is 308 g/mol. The number of carbonyl (C=O) groups is 2. The molecule has 2 amide bonds. The van der Waals surface area contributed by atoms with Gasteiger partial charge in [0, 0.05) is 50.2 Å². The summed E-state index contributed by atoms with van der Waals surface area (Å²) in [4.78, 5) is 29.0. The van der Waals surface area contributed by atoms with Crippen molar-refractivity contribution >= 4 is 23.6 Å². The molecule has 23 heavy (non-hydrogen) atoms. The van der Waals surface area contributed by atoms with Gasteiger partial charge in [0.25, 0.3) is 0 Å². The number of hydrogen-bond donors (Lipinski definition) is 0. The van der Waals surface area contributed by atoms with E-state index >= 15 is 0 Å². The summed E-state index contributed by atoms with van der Waals surface area (Å²) in [5.41, 5.74) is 1.25. The maximum atomic E-state index is 12.3. The molecule has 2 rings (SSSR count). The number of amides is 2. The van der Waals surface area contributed by atoms with Crippen LogP contribution < -0.4 is 0 Å². The van der Waals surface area contributed by atoms with Gasteiger partial charge in [-0.15, -0.1) is 11.8 Å². The minimum absolute atomic E-state index is 0.0796. The van der Waals surface area contributed by atoms with Crippen molar-refractivity contribution in [1.82, 2.24) is 9.80 Å². The van der Waals surface area contributed by atoms with Gasteiger partial charge in [-0.1, -0.05) is 17.7 Å². The van der Waals surface area contributed by atoms with Crippen LogP contribution in [0.15, 0.2) is 29.2 Å².